The zero-order valence-corrected chi connectivity index (χ0v) is 13.8. The van der Waals surface area contributed by atoms with Gasteiger partial charge in [0.1, 0.15) is 5.75 Å². The Morgan fingerprint density at radius 2 is 1.78 bits per heavy atom. The molecule has 1 N–H and O–H groups in total. The number of sulfonamides is 1. The van der Waals surface area contributed by atoms with Crippen LogP contribution in [0.25, 0.3) is 0 Å². The number of aryl methyl sites for hydroxylation is 1. The Labute approximate surface area is 135 Å². The number of phenolic OH excluding ortho intramolecular Hbond substituents is 1. The highest BCUT2D eigenvalue weighted by Gasteiger charge is 2.36. The lowest BCUT2D eigenvalue weighted by atomic mass is 9.96. The molecule has 0 saturated heterocycles. The van der Waals surface area contributed by atoms with Crippen LogP contribution in [-0.4, -0.2) is 29.9 Å². The van der Waals surface area contributed by atoms with Crippen LogP contribution in [0.1, 0.15) is 29.2 Å². The van der Waals surface area contributed by atoms with Gasteiger partial charge in [0.05, 0.1) is 18.0 Å². The zero-order chi connectivity index (χ0) is 16.6. The van der Waals surface area contributed by atoms with E-state index in [0.29, 0.717) is 17.7 Å². The molecule has 0 bridgehead atoms. The van der Waals surface area contributed by atoms with Gasteiger partial charge in [-0.1, -0.05) is 42.5 Å². The highest BCUT2D eigenvalue weighted by molar-refractivity contribution is 7.88. The Morgan fingerprint density at radius 3 is 2.43 bits per heavy atom. The Hall–Kier alpha value is -2.34. The van der Waals surface area contributed by atoms with Crippen LogP contribution in [-0.2, 0) is 10.0 Å². The summed E-state index contributed by atoms with van der Waals surface area (Å²) in [6, 6.07) is 14.0. The maximum absolute atomic E-state index is 12.1. The van der Waals surface area contributed by atoms with Crippen LogP contribution in [0.5, 0.6) is 5.75 Å². The average molecular weight is 330 g/mol. The van der Waals surface area contributed by atoms with Crippen molar-refractivity contribution >= 4 is 15.7 Å². The largest absolute Gasteiger partial charge is 0.508 e. The predicted octanol–water partition coefficient (Wildman–Crippen LogP) is 2.81. The topological polar surface area (TPSA) is 70.0 Å². The van der Waals surface area contributed by atoms with Crippen LogP contribution in [0, 0.1) is 6.92 Å². The quantitative estimate of drug-likeness (QED) is 0.941. The van der Waals surface area contributed by atoms with Crippen molar-refractivity contribution in [2.75, 3.05) is 6.26 Å². The molecule has 0 aromatic heterocycles. The molecule has 1 heterocycles. The molecule has 0 unspecified atom stereocenters. The second-order valence-electron chi connectivity index (χ2n) is 5.68. The molecule has 120 valence electrons. The number of hydrogen-bond donors (Lipinski definition) is 1. The molecule has 1 aliphatic heterocycles. The summed E-state index contributed by atoms with van der Waals surface area (Å²) in [5, 5.41) is 14.4. The molecule has 0 aliphatic carbocycles. The molecule has 0 saturated carbocycles. The van der Waals surface area contributed by atoms with Gasteiger partial charge in [0.25, 0.3) is 0 Å². The summed E-state index contributed by atoms with van der Waals surface area (Å²) in [5.74, 6) is 0.0763. The van der Waals surface area contributed by atoms with Crippen LogP contribution >= 0.6 is 0 Å². The van der Waals surface area contributed by atoms with E-state index in [9.17, 15) is 13.5 Å². The third-order valence-electron chi connectivity index (χ3n) is 3.96. The lowest BCUT2D eigenvalue weighted by molar-refractivity contribution is 0.361. The van der Waals surface area contributed by atoms with Gasteiger partial charge in [0.2, 0.25) is 10.0 Å². The Balaban J connectivity index is 2.07. The third-order valence-corrected chi connectivity index (χ3v) is 4.98. The van der Waals surface area contributed by atoms with Gasteiger partial charge in [0, 0.05) is 17.5 Å². The standard InChI is InChI=1S/C17H18N2O3S/c1-12-7-3-4-8-13(12)15-11-16(19(18-15)23(2,21)22)14-9-5-6-10-17(14)20/h3-10,16,20H,11H2,1-2H3/t16-/m1/s1. The van der Waals surface area contributed by atoms with Crippen molar-refractivity contribution in [1.29, 1.82) is 0 Å². The van der Waals surface area contributed by atoms with Crippen molar-refractivity contribution in [3.05, 3.63) is 65.2 Å². The third kappa shape index (κ3) is 2.94. The van der Waals surface area contributed by atoms with Crippen molar-refractivity contribution < 1.29 is 13.5 Å². The summed E-state index contributed by atoms with van der Waals surface area (Å²) >= 11 is 0. The minimum absolute atomic E-state index is 0.0763. The fraction of sp³-hybridized carbons (Fsp3) is 0.235. The normalized spacial score (nSPS) is 18.1. The molecule has 5 nitrogen and oxygen atoms in total. The Morgan fingerprint density at radius 1 is 1.13 bits per heavy atom. The number of rotatable bonds is 3. The van der Waals surface area contributed by atoms with Crippen LogP contribution in [0.2, 0.25) is 0 Å². The highest BCUT2D eigenvalue weighted by Crippen LogP contribution is 2.38. The number of nitrogens with zero attached hydrogens (tertiary/aromatic N) is 2. The number of para-hydroxylation sites is 1. The molecule has 2 aromatic carbocycles. The summed E-state index contributed by atoms with van der Waals surface area (Å²) in [5.41, 5.74) is 3.24. The van der Waals surface area contributed by atoms with E-state index in [1.807, 2.05) is 31.2 Å². The second kappa shape index (κ2) is 5.70. The molecular formula is C17H18N2O3S. The minimum atomic E-state index is -3.54. The summed E-state index contributed by atoms with van der Waals surface area (Å²) < 4.78 is 25.4. The van der Waals surface area contributed by atoms with Gasteiger partial charge < -0.3 is 5.11 Å². The minimum Gasteiger partial charge on any atom is -0.508 e. The van der Waals surface area contributed by atoms with E-state index in [2.05, 4.69) is 5.10 Å². The van der Waals surface area contributed by atoms with E-state index in [1.165, 1.54) is 0 Å². The van der Waals surface area contributed by atoms with Gasteiger partial charge in [-0.25, -0.2) is 8.42 Å². The molecule has 0 spiro atoms. The van der Waals surface area contributed by atoms with Gasteiger partial charge in [0.15, 0.2) is 0 Å². The molecule has 3 rings (SSSR count). The Bertz CT molecular complexity index is 875. The summed E-state index contributed by atoms with van der Waals surface area (Å²) in [6.07, 6.45) is 1.56. The predicted molar refractivity (Wildman–Crippen MR) is 89.9 cm³/mol. The maximum Gasteiger partial charge on any atom is 0.247 e. The van der Waals surface area contributed by atoms with Crippen LogP contribution in [0.3, 0.4) is 0 Å². The van der Waals surface area contributed by atoms with E-state index >= 15 is 0 Å². The van der Waals surface area contributed by atoms with E-state index in [0.717, 1.165) is 21.8 Å². The molecule has 1 atom stereocenters. The van der Waals surface area contributed by atoms with Crippen molar-refractivity contribution in [1.82, 2.24) is 4.41 Å². The fourth-order valence-corrected chi connectivity index (χ4v) is 3.75. The van der Waals surface area contributed by atoms with E-state index in [-0.39, 0.29) is 5.75 Å². The number of aromatic hydroxyl groups is 1. The monoisotopic (exact) mass is 330 g/mol. The van der Waals surface area contributed by atoms with E-state index in [4.69, 9.17) is 0 Å². The van der Waals surface area contributed by atoms with Crippen molar-refractivity contribution in [3.8, 4) is 5.75 Å². The van der Waals surface area contributed by atoms with Crippen LogP contribution in [0.4, 0.5) is 0 Å². The number of hydrazone groups is 1. The SMILES string of the molecule is Cc1ccccc1C1=NN(S(C)(=O)=O)[C@@H](c2ccccc2O)C1. The maximum atomic E-state index is 12.1. The lowest BCUT2D eigenvalue weighted by Crippen LogP contribution is -2.25. The van der Waals surface area contributed by atoms with Crippen molar-refractivity contribution in [2.45, 2.75) is 19.4 Å². The first-order valence-corrected chi connectivity index (χ1v) is 9.13. The van der Waals surface area contributed by atoms with E-state index < -0.39 is 16.1 Å². The summed E-state index contributed by atoms with van der Waals surface area (Å²) in [4.78, 5) is 0. The van der Waals surface area contributed by atoms with Gasteiger partial charge in [-0.15, -0.1) is 0 Å². The van der Waals surface area contributed by atoms with E-state index in [1.54, 1.807) is 24.3 Å². The van der Waals surface area contributed by atoms with Crippen molar-refractivity contribution in [2.24, 2.45) is 5.10 Å². The molecule has 0 fully saturated rings. The first-order valence-electron chi connectivity index (χ1n) is 7.28. The number of hydrogen-bond acceptors (Lipinski definition) is 4. The van der Waals surface area contributed by atoms with Crippen molar-refractivity contribution in [3.63, 3.8) is 0 Å². The first-order chi connectivity index (χ1) is 10.9. The Kier molecular flexibility index (Phi) is 3.85. The number of benzene rings is 2. The summed E-state index contributed by atoms with van der Waals surface area (Å²) in [7, 11) is -3.54. The second-order valence-corrected chi connectivity index (χ2v) is 7.52. The van der Waals surface area contributed by atoms with Gasteiger partial charge in [-0.2, -0.15) is 9.52 Å². The van der Waals surface area contributed by atoms with Crippen LogP contribution < -0.4 is 0 Å². The van der Waals surface area contributed by atoms with Gasteiger partial charge in [-0.3, -0.25) is 0 Å². The molecule has 6 heteroatoms. The summed E-state index contributed by atoms with van der Waals surface area (Å²) in [6.45, 7) is 1.97. The van der Waals surface area contributed by atoms with Gasteiger partial charge in [-0.05, 0) is 18.6 Å². The van der Waals surface area contributed by atoms with Crippen LogP contribution in [0.15, 0.2) is 53.6 Å². The molecule has 23 heavy (non-hydrogen) atoms. The first kappa shape index (κ1) is 15.6. The smallest absolute Gasteiger partial charge is 0.247 e. The molecule has 1 aliphatic rings. The number of phenols is 1. The molecular weight excluding hydrogens is 312 g/mol. The molecule has 2 aromatic rings. The average Bonchev–Trinajstić information content (AvgIpc) is 2.93. The molecule has 0 radical (unpaired) electrons. The molecule has 0 amide bonds. The highest BCUT2D eigenvalue weighted by atomic mass is 32.2. The van der Waals surface area contributed by atoms with Gasteiger partial charge >= 0.3 is 0 Å². The lowest BCUT2D eigenvalue weighted by Gasteiger charge is -2.22. The fourth-order valence-electron chi connectivity index (χ4n) is 2.85. The zero-order valence-electron chi connectivity index (χ0n) is 13.0.